The molecule has 0 spiro atoms. The van der Waals surface area contributed by atoms with Crippen LogP contribution in [-0.4, -0.2) is 22.6 Å². The Hall–Kier alpha value is -2.62. The summed E-state index contributed by atoms with van der Waals surface area (Å²) in [6.07, 6.45) is 3.98. The molecule has 0 atom stereocenters. The first-order chi connectivity index (χ1) is 11.1. The predicted molar refractivity (Wildman–Crippen MR) is 91.3 cm³/mol. The van der Waals surface area contributed by atoms with Crippen LogP contribution in [0.25, 0.3) is 22.2 Å². The molecule has 0 bridgehead atoms. The zero-order chi connectivity index (χ0) is 16.4. The maximum atomic E-state index is 11.6. The zero-order valence-corrected chi connectivity index (χ0v) is 13.7. The van der Waals surface area contributed by atoms with Crippen LogP contribution in [-0.2, 0) is 16.1 Å². The van der Waals surface area contributed by atoms with Crippen molar-refractivity contribution in [1.82, 2.24) is 9.55 Å². The largest absolute Gasteiger partial charge is 0.469 e. The lowest BCUT2D eigenvalue weighted by molar-refractivity contribution is -0.140. The van der Waals surface area contributed by atoms with Gasteiger partial charge in [0.2, 0.25) is 0 Å². The van der Waals surface area contributed by atoms with Gasteiger partial charge in [0.15, 0.2) is 0 Å². The van der Waals surface area contributed by atoms with Crippen molar-refractivity contribution in [3.8, 4) is 11.3 Å². The molecule has 0 aliphatic carbocycles. The van der Waals surface area contributed by atoms with Crippen molar-refractivity contribution in [2.75, 3.05) is 7.11 Å². The van der Waals surface area contributed by atoms with Gasteiger partial charge in [-0.05, 0) is 43.2 Å². The summed E-state index contributed by atoms with van der Waals surface area (Å²) in [6.45, 7) is 4.84. The molecule has 2 aromatic heterocycles. The van der Waals surface area contributed by atoms with E-state index in [2.05, 4.69) is 47.7 Å². The molecule has 23 heavy (non-hydrogen) atoms. The SMILES string of the molecule is COC(=O)CCn1c(-c2cccnc2)c(C)c2c(C)cccc21. The average molecular weight is 308 g/mol. The van der Waals surface area contributed by atoms with Gasteiger partial charge in [-0.25, -0.2) is 0 Å². The van der Waals surface area contributed by atoms with E-state index < -0.39 is 0 Å². The summed E-state index contributed by atoms with van der Waals surface area (Å²) < 4.78 is 7.00. The standard InChI is InChI=1S/C19H20N2O2/c1-13-6-4-8-16-18(13)14(2)19(15-7-5-10-20-12-15)21(16)11-9-17(22)23-3/h4-8,10,12H,9,11H2,1-3H3. The van der Waals surface area contributed by atoms with E-state index in [0.29, 0.717) is 13.0 Å². The summed E-state index contributed by atoms with van der Waals surface area (Å²) in [5.74, 6) is -0.200. The van der Waals surface area contributed by atoms with Crippen molar-refractivity contribution in [2.24, 2.45) is 0 Å². The van der Waals surface area contributed by atoms with Crippen molar-refractivity contribution >= 4 is 16.9 Å². The highest BCUT2D eigenvalue weighted by molar-refractivity contribution is 5.94. The number of benzene rings is 1. The van der Waals surface area contributed by atoms with Crippen molar-refractivity contribution < 1.29 is 9.53 Å². The van der Waals surface area contributed by atoms with Crippen LogP contribution in [0.3, 0.4) is 0 Å². The van der Waals surface area contributed by atoms with E-state index in [1.165, 1.54) is 23.6 Å². The third-order valence-corrected chi connectivity index (χ3v) is 4.24. The number of nitrogens with zero attached hydrogens (tertiary/aromatic N) is 2. The fraction of sp³-hybridized carbons (Fsp3) is 0.263. The molecule has 118 valence electrons. The normalized spacial score (nSPS) is 10.9. The number of aromatic nitrogens is 2. The molecule has 0 radical (unpaired) electrons. The van der Waals surface area contributed by atoms with Gasteiger partial charge < -0.3 is 9.30 Å². The van der Waals surface area contributed by atoms with Crippen molar-refractivity contribution in [1.29, 1.82) is 0 Å². The first-order valence-corrected chi connectivity index (χ1v) is 7.69. The number of carbonyl (C=O) groups excluding carboxylic acids is 1. The molecule has 3 rings (SSSR count). The number of aryl methyl sites for hydroxylation is 3. The highest BCUT2D eigenvalue weighted by Gasteiger charge is 2.17. The molecule has 0 aliphatic rings. The van der Waals surface area contributed by atoms with Crippen LogP contribution >= 0.6 is 0 Å². The molecular weight excluding hydrogens is 288 g/mol. The Labute approximate surface area is 135 Å². The van der Waals surface area contributed by atoms with Crippen LogP contribution in [0, 0.1) is 13.8 Å². The van der Waals surface area contributed by atoms with E-state index in [9.17, 15) is 4.79 Å². The van der Waals surface area contributed by atoms with E-state index in [4.69, 9.17) is 4.74 Å². The van der Waals surface area contributed by atoms with Gasteiger partial charge >= 0.3 is 5.97 Å². The third kappa shape index (κ3) is 2.72. The maximum Gasteiger partial charge on any atom is 0.307 e. The van der Waals surface area contributed by atoms with Gasteiger partial charge in [0, 0.05) is 35.4 Å². The van der Waals surface area contributed by atoms with E-state index >= 15 is 0 Å². The Morgan fingerprint density at radius 3 is 2.74 bits per heavy atom. The van der Waals surface area contributed by atoms with Gasteiger partial charge in [0.05, 0.1) is 19.2 Å². The molecule has 4 heteroatoms. The Balaban J connectivity index is 2.22. The first kappa shape index (κ1) is 15.3. The molecule has 3 aromatic rings. The highest BCUT2D eigenvalue weighted by Crippen LogP contribution is 2.34. The third-order valence-electron chi connectivity index (χ3n) is 4.24. The fourth-order valence-corrected chi connectivity index (χ4v) is 3.22. The number of carbonyl (C=O) groups is 1. The molecule has 0 N–H and O–H groups in total. The summed E-state index contributed by atoms with van der Waals surface area (Å²) in [6, 6.07) is 10.3. The quantitative estimate of drug-likeness (QED) is 0.687. The van der Waals surface area contributed by atoms with Crippen molar-refractivity contribution in [3.05, 3.63) is 53.9 Å². The van der Waals surface area contributed by atoms with Gasteiger partial charge in [-0.3, -0.25) is 9.78 Å². The molecule has 0 amide bonds. The topological polar surface area (TPSA) is 44.1 Å². The fourth-order valence-electron chi connectivity index (χ4n) is 3.22. The molecule has 0 aliphatic heterocycles. The second kappa shape index (κ2) is 6.24. The second-order valence-corrected chi connectivity index (χ2v) is 5.66. The monoisotopic (exact) mass is 308 g/mol. The lowest BCUT2D eigenvalue weighted by Crippen LogP contribution is -2.08. The van der Waals surface area contributed by atoms with Gasteiger partial charge in [-0.2, -0.15) is 0 Å². The number of ether oxygens (including phenoxy) is 1. The molecule has 1 aromatic carbocycles. The van der Waals surface area contributed by atoms with Gasteiger partial charge in [-0.15, -0.1) is 0 Å². The summed E-state index contributed by atoms with van der Waals surface area (Å²) >= 11 is 0. The smallest absolute Gasteiger partial charge is 0.307 e. The number of methoxy groups -OCH3 is 1. The number of fused-ring (bicyclic) bond motifs is 1. The second-order valence-electron chi connectivity index (χ2n) is 5.66. The molecular formula is C19H20N2O2. The summed E-state index contributed by atoms with van der Waals surface area (Å²) in [4.78, 5) is 15.8. The lowest BCUT2D eigenvalue weighted by atomic mass is 10.0. The van der Waals surface area contributed by atoms with Gasteiger partial charge in [0.25, 0.3) is 0 Å². The van der Waals surface area contributed by atoms with Gasteiger partial charge in [-0.1, -0.05) is 12.1 Å². The Morgan fingerprint density at radius 1 is 1.22 bits per heavy atom. The number of esters is 1. The minimum atomic E-state index is -0.200. The van der Waals surface area contributed by atoms with E-state index in [1.54, 1.807) is 6.20 Å². The van der Waals surface area contributed by atoms with Crippen LogP contribution in [0.4, 0.5) is 0 Å². The van der Waals surface area contributed by atoms with Crippen molar-refractivity contribution in [3.63, 3.8) is 0 Å². The molecule has 0 saturated heterocycles. The predicted octanol–water partition coefficient (Wildman–Crippen LogP) is 3.88. The minimum Gasteiger partial charge on any atom is -0.469 e. The lowest BCUT2D eigenvalue weighted by Gasteiger charge is -2.11. The number of hydrogen-bond acceptors (Lipinski definition) is 3. The Morgan fingerprint density at radius 2 is 2.04 bits per heavy atom. The van der Waals surface area contributed by atoms with E-state index in [-0.39, 0.29) is 5.97 Å². The Bertz CT molecular complexity index is 851. The molecule has 0 unspecified atom stereocenters. The number of hydrogen-bond donors (Lipinski definition) is 0. The zero-order valence-electron chi connectivity index (χ0n) is 13.7. The van der Waals surface area contributed by atoms with Crippen LogP contribution in [0.15, 0.2) is 42.7 Å². The highest BCUT2D eigenvalue weighted by atomic mass is 16.5. The van der Waals surface area contributed by atoms with Gasteiger partial charge in [0.1, 0.15) is 0 Å². The summed E-state index contributed by atoms with van der Waals surface area (Å²) in [7, 11) is 1.42. The Kier molecular flexibility index (Phi) is 4.15. The molecule has 4 nitrogen and oxygen atoms in total. The number of pyridine rings is 1. The average Bonchev–Trinajstić information content (AvgIpc) is 2.86. The maximum absolute atomic E-state index is 11.6. The van der Waals surface area contributed by atoms with Crippen molar-refractivity contribution in [2.45, 2.75) is 26.8 Å². The summed E-state index contributed by atoms with van der Waals surface area (Å²) in [5, 5.41) is 1.25. The van der Waals surface area contributed by atoms with Crippen LogP contribution < -0.4 is 0 Å². The van der Waals surface area contributed by atoms with E-state index in [1.807, 2.05) is 12.3 Å². The minimum absolute atomic E-state index is 0.200. The van der Waals surface area contributed by atoms with Crippen LogP contribution in [0.5, 0.6) is 0 Å². The van der Waals surface area contributed by atoms with E-state index in [0.717, 1.165) is 16.8 Å². The number of rotatable bonds is 4. The van der Waals surface area contributed by atoms with Crippen LogP contribution in [0.2, 0.25) is 0 Å². The first-order valence-electron chi connectivity index (χ1n) is 7.69. The van der Waals surface area contributed by atoms with Crippen LogP contribution in [0.1, 0.15) is 17.5 Å². The molecule has 0 fully saturated rings. The summed E-state index contributed by atoms with van der Waals surface area (Å²) in [5.41, 5.74) is 5.78. The molecule has 2 heterocycles. The molecule has 0 saturated carbocycles.